The van der Waals surface area contributed by atoms with Crippen LogP contribution < -0.4 is 14.8 Å². The Kier molecular flexibility index (Phi) is 6.60. The molecular formula is C13H20N2O5S. The summed E-state index contributed by atoms with van der Waals surface area (Å²) in [6.45, 7) is 3.74. The van der Waals surface area contributed by atoms with Gasteiger partial charge in [-0.2, -0.15) is 0 Å². The Labute approximate surface area is 124 Å². The second-order valence-corrected chi connectivity index (χ2v) is 6.01. The van der Waals surface area contributed by atoms with Crippen molar-refractivity contribution in [2.24, 2.45) is 0 Å². The standard InChI is InChI=1S/C13H20N2O5S/c1-3-14-7-4-8-15-21(18,19)12-9-10(13(16)17)5-6-11(12)20-2/h5-6,9,14-15H,3-4,7-8H2,1-2H3,(H,16,17). The third-order valence-corrected chi connectivity index (χ3v) is 4.25. The van der Waals surface area contributed by atoms with Crippen LogP contribution in [-0.2, 0) is 10.0 Å². The van der Waals surface area contributed by atoms with Gasteiger partial charge in [0.2, 0.25) is 10.0 Å². The van der Waals surface area contributed by atoms with Gasteiger partial charge >= 0.3 is 5.97 Å². The van der Waals surface area contributed by atoms with Crippen LogP contribution in [0.3, 0.4) is 0 Å². The van der Waals surface area contributed by atoms with Gasteiger partial charge in [0.25, 0.3) is 0 Å². The molecule has 1 rings (SSSR count). The third-order valence-electron chi connectivity index (χ3n) is 2.77. The molecule has 0 atom stereocenters. The lowest BCUT2D eigenvalue weighted by Crippen LogP contribution is -2.28. The van der Waals surface area contributed by atoms with Crippen LogP contribution in [0.2, 0.25) is 0 Å². The minimum atomic E-state index is -3.81. The summed E-state index contributed by atoms with van der Waals surface area (Å²) in [6.07, 6.45) is 0.633. The fourth-order valence-electron chi connectivity index (χ4n) is 1.69. The molecule has 1 aromatic rings. The Morgan fingerprint density at radius 2 is 2.05 bits per heavy atom. The average molecular weight is 316 g/mol. The van der Waals surface area contributed by atoms with E-state index in [1.165, 1.54) is 19.2 Å². The molecule has 0 saturated carbocycles. The summed E-state index contributed by atoms with van der Waals surface area (Å²) in [7, 11) is -2.48. The molecule has 118 valence electrons. The fraction of sp³-hybridized carbons (Fsp3) is 0.462. The second-order valence-electron chi connectivity index (χ2n) is 4.28. The highest BCUT2D eigenvalue weighted by Gasteiger charge is 2.21. The number of carboxylic acid groups (broad SMARTS) is 1. The van der Waals surface area contributed by atoms with E-state index in [9.17, 15) is 13.2 Å². The Morgan fingerprint density at radius 1 is 1.33 bits per heavy atom. The van der Waals surface area contributed by atoms with E-state index in [4.69, 9.17) is 9.84 Å². The molecule has 0 aliphatic heterocycles. The number of carboxylic acids is 1. The number of rotatable bonds is 9. The number of carbonyl (C=O) groups is 1. The summed E-state index contributed by atoms with van der Waals surface area (Å²) in [4.78, 5) is 10.8. The van der Waals surface area contributed by atoms with E-state index in [2.05, 4.69) is 10.0 Å². The summed E-state index contributed by atoms with van der Waals surface area (Å²) >= 11 is 0. The van der Waals surface area contributed by atoms with Crippen LogP contribution in [0.25, 0.3) is 0 Å². The molecule has 21 heavy (non-hydrogen) atoms. The van der Waals surface area contributed by atoms with Crippen molar-refractivity contribution >= 4 is 16.0 Å². The lowest BCUT2D eigenvalue weighted by Gasteiger charge is -2.11. The minimum Gasteiger partial charge on any atom is -0.495 e. The predicted octanol–water partition coefficient (Wildman–Crippen LogP) is 0.671. The number of hydrogen-bond donors (Lipinski definition) is 3. The Morgan fingerprint density at radius 3 is 2.62 bits per heavy atom. The van der Waals surface area contributed by atoms with Crippen LogP contribution in [0.1, 0.15) is 23.7 Å². The molecule has 0 unspecified atom stereocenters. The monoisotopic (exact) mass is 316 g/mol. The molecule has 0 radical (unpaired) electrons. The number of aromatic carboxylic acids is 1. The number of ether oxygens (including phenoxy) is 1. The van der Waals surface area contributed by atoms with Crippen molar-refractivity contribution in [3.05, 3.63) is 23.8 Å². The number of hydrogen-bond acceptors (Lipinski definition) is 5. The van der Waals surface area contributed by atoms with E-state index in [0.717, 1.165) is 12.6 Å². The first-order valence-electron chi connectivity index (χ1n) is 6.54. The zero-order valence-corrected chi connectivity index (χ0v) is 12.9. The summed E-state index contributed by atoms with van der Waals surface area (Å²) in [5.41, 5.74) is -0.108. The first-order chi connectivity index (χ1) is 9.92. The van der Waals surface area contributed by atoms with Crippen LogP contribution in [0.4, 0.5) is 0 Å². The highest BCUT2D eigenvalue weighted by Crippen LogP contribution is 2.24. The molecule has 0 heterocycles. The zero-order chi connectivity index (χ0) is 15.9. The summed E-state index contributed by atoms with van der Waals surface area (Å²) in [6, 6.07) is 3.72. The largest absolute Gasteiger partial charge is 0.495 e. The van der Waals surface area contributed by atoms with Gasteiger partial charge in [-0.05, 0) is 37.7 Å². The molecule has 8 heteroatoms. The molecule has 0 saturated heterocycles. The molecule has 0 aliphatic rings. The molecule has 0 aromatic heterocycles. The topological polar surface area (TPSA) is 105 Å². The van der Waals surface area contributed by atoms with Crippen LogP contribution in [-0.4, -0.2) is 46.2 Å². The third kappa shape index (κ3) is 5.00. The Hall–Kier alpha value is -1.64. The van der Waals surface area contributed by atoms with Crippen molar-refractivity contribution in [2.75, 3.05) is 26.7 Å². The molecule has 7 nitrogen and oxygen atoms in total. The average Bonchev–Trinajstić information content (AvgIpc) is 2.46. The molecular weight excluding hydrogens is 296 g/mol. The van der Waals surface area contributed by atoms with E-state index >= 15 is 0 Å². The maximum atomic E-state index is 12.2. The van der Waals surface area contributed by atoms with Gasteiger partial charge < -0.3 is 15.2 Å². The smallest absolute Gasteiger partial charge is 0.335 e. The summed E-state index contributed by atoms with van der Waals surface area (Å²) in [5.74, 6) is -1.08. The van der Waals surface area contributed by atoms with Gasteiger partial charge in [-0.25, -0.2) is 17.9 Å². The number of methoxy groups -OCH3 is 1. The second kappa shape index (κ2) is 7.96. The van der Waals surface area contributed by atoms with Gasteiger partial charge in [-0.1, -0.05) is 6.92 Å². The van der Waals surface area contributed by atoms with Crippen molar-refractivity contribution in [3.63, 3.8) is 0 Å². The van der Waals surface area contributed by atoms with Crippen LogP contribution in [0, 0.1) is 0 Å². The van der Waals surface area contributed by atoms with Crippen LogP contribution in [0.15, 0.2) is 23.1 Å². The van der Waals surface area contributed by atoms with Crippen molar-refractivity contribution in [1.82, 2.24) is 10.0 Å². The Bertz CT molecular complexity index is 586. The van der Waals surface area contributed by atoms with E-state index in [1.54, 1.807) is 0 Å². The molecule has 0 aliphatic carbocycles. The van der Waals surface area contributed by atoms with Gasteiger partial charge in [-0.15, -0.1) is 0 Å². The summed E-state index contributed by atoms with van der Waals surface area (Å²) in [5, 5.41) is 12.0. The molecule has 0 fully saturated rings. The molecule has 0 amide bonds. The molecule has 0 bridgehead atoms. The predicted molar refractivity (Wildman–Crippen MR) is 78.3 cm³/mol. The quantitative estimate of drug-likeness (QED) is 0.578. The van der Waals surface area contributed by atoms with E-state index in [1.807, 2.05) is 6.92 Å². The minimum absolute atomic E-state index is 0.108. The van der Waals surface area contributed by atoms with Crippen molar-refractivity contribution in [1.29, 1.82) is 0 Å². The van der Waals surface area contributed by atoms with Gasteiger partial charge in [0.05, 0.1) is 12.7 Å². The Balaban J connectivity index is 2.90. The van der Waals surface area contributed by atoms with Gasteiger partial charge in [0.15, 0.2) is 0 Å². The SMILES string of the molecule is CCNCCCNS(=O)(=O)c1cc(C(=O)O)ccc1OC. The highest BCUT2D eigenvalue weighted by molar-refractivity contribution is 7.89. The van der Waals surface area contributed by atoms with Gasteiger partial charge in [0.1, 0.15) is 10.6 Å². The maximum Gasteiger partial charge on any atom is 0.335 e. The maximum absolute atomic E-state index is 12.2. The number of sulfonamides is 1. The lowest BCUT2D eigenvalue weighted by atomic mass is 10.2. The first-order valence-corrected chi connectivity index (χ1v) is 8.02. The van der Waals surface area contributed by atoms with E-state index < -0.39 is 16.0 Å². The van der Waals surface area contributed by atoms with Crippen LogP contribution in [0.5, 0.6) is 5.75 Å². The molecule has 1 aromatic carbocycles. The normalized spacial score (nSPS) is 11.3. The van der Waals surface area contributed by atoms with Crippen molar-refractivity contribution in [3.8, 4) is 5.75 Å². The lowest BCUT2D eigenvalue weighted by molar-refractivity contribution is 0.0696. The summed E-state index contributed by atoms with van der Waals surface area (Å²) < 4.78 is 31.9. The van der Waals surface area contributed by atoms with E-state index in [0.29, 0.717) is 13.0 Å². The zero-order valence-electron chi connectivity index (χ0n) is 12.0. The van der Waals surface area contributed by atoms with Gasteiger partial charge in [0, 0.05) is 6.54 Å². The molecule has 3 N–H and O–H groups in total. The number of nitrogens with one attached hydrogen (secondary N) is 2. The van der Waals surface area contributed by atoms with E-state index in [-0.39, 0.29) is 22.8 Å². The van der Waals surface area contributed by atoms with Gasteiger partial charge in [-0.3, -0.25) is 0 Å². The molecule has 0 spiro atoms. The van der Waals surface area contributed by atoms with Crippen LogP contribution >= 0.6 is 0 Å². The fourth-order valence-corrected chi connectivity index (χ4v) is 2.96. The number of benzene rings is 1. The first kappa shape index (κ1) is 17.4. The van der Waals surface area contributed by atoms with Crippen molar-refractivity contribution < 1.29 is 23.1 Å². The van der Waals surface area contributed by atoms with Crippen molar-refractivity contribution in [2.45, 2.75) is 18.2 Å². The highest BCUT2D eigenvalue weighted by atomic mass is 32.2.